The van der Waals surface area contributed by atoms with Crippen LogP contribution in [-0.2, 0) is 5.75 Å². The van der Waals surface area contributed by atoms with Crippen molar-refractivity contribution in [2.75, 3.05) is 7.11 Å². The number of ether oxygens (including phenoxy) is 2. The lowest BCUT2D eigenvalue weighted by atomic mass is 10.2. The fraction of sp³-hybridized carbons (Fsp3) is 0.167. The molecule has 4 aromatic rings. The number of rotatable bonds is 9. The van der Waals surface area contributed by atoms with Gasteiger partial charge < -0.3 is 9.47 Å². The average molecular weight is 463 g/mol. The molecule has 0 aliphatic carbocycles. The minimum Gasteiger partial charge on any atom is -0.493 e. The van der Waals surface area contributed by atoms with E-state index in [0.29, 0.717) is 33.8 Å². The largest absolute Gasteiger partial charge is 0.493 e. The van der Waals surface area contributed by atoms with Gasteiger partial charge in [-0.15, -0.1) is 10.2 Å². The van der Waals surface area contributed by atoms with Gasteiger partial charge in [0.1, 0.15) is 0 Å². The fourth-order valence-corrected chi connectivity index (χ4v) is 4.33. The maximum atomic E-state index is 11.4. The molecule has 1 unspecified atom stereocenters. The van der Waals surface area contributed by atoms with E-state index >= 15 is 0 Å². The van der Waals surface area contributed by atoms with E-state index in [9.17, 15) is 10.1 Å². The Morgan fingerprint density at radius 1 is 0.970 bits per heavy atom. The second-order valence-corrected chi connectivity index (χ2v) is 8.04. The first-order valence-electron chi connectivity index (χ1n) is 10.2. The molecule has 33 heavy (non-hydrogen) atoms. The molecule has 0 amide bonds. The van der Waals surface area contributed by atoms with Crippen molar-refractivity contribution in [3.63, 3.8) is 0 Å². The Morgan fingerprint density at radius 3 is 2.36 bits per heavy atom. The quantitative estimate of drug-likeness (QED) is 0.181. The van der Waals surface area contributed by atoms with Crippen LogP contribution in [0.1, 0.15) is 24.4 Å². The highest BCUT2D eigenvalue weighted by Gasteiger charge is 2.23. The van der Waals surface area contributed by atoms with Crippen molar-refractivity contribution in [3.8, 4) is 17.2 Å². The van der Waals surface area contributed by atoms with Crippen LogP contribution in [0.2, 0.25) is 0 Å². The molecule has 0 radical (unpaired) electrons. The number of nitro groups is 1. The summed E-state index contributed by atoms with van der Waals surface area (Å²) in [4.78, 5) is 11.0. The summed E-state index contributed by atoms with van der Waals surface area (Å²) in [7, 11) is 1.59. The Labute approximate surface area is 195 Å². The summed E-state index contributed by atoms with van der Waals surface area (Å²) in [6.45, 7) is 1.90. The van der Waals surface area contributed by atoms with Crippen LogP contribution in [0.25, 0.3) is 5.69 Å². The molecule has 168 valence electrons. The molecule has 0 bridgehead atoms. The number of nitrogens with zero attached hydrogens (tertiary/aromatic N) is 4. The number of methoxy groups -OCH3 is 1. The molecule has 1 heterocycles. The molecular formula is C24H22N4O4S. The van der Waals surface area contributed by atoms with E-state index in [-0.39, 0.29) is 10.6 Å². The number of hydrogen-bond donors (Lipinski definition) is 0. The zero-order valence-corrected chi connectivity index (χ0v) is 18.9. The van der Waals surface area contributed by atoms with Gasteiger partial charge in [-0.2, -0.15) is 0 Å². The molecule has 0 fully saturated rings. The SMILES string of the molecule is COc1ccccc1OC(C)c1nnc(SCc2ccccc2[N+](=O)[O-])n1-c1ccccc1. The maximum Gasteiger partial charge on any atom is 0.273 e. The number of thioether (sulfide) groups is 1. The lowest BCUT2D eigenvalue weighted by Gasteiger charge is -2.18. The van der Waals surface area contributed by atoms with Crippen molar-refractivity contribution >= 4 is 17.4 Å². The van der Waals surface area contributed by atoms with Crippen LogP contribution >= 0.6 is 11.8 Å². The van der Waals surface area contributed by atoms with Crippen LogP contribution in [0.3, 0.4) is 0 Å². The first-order valence-corrected chi connectivity index (χ1v) is 11.2. The molecule has 0 N–H and O–H groups in total. The second-order valence-electron chi connectivity index (χ2n) is 7.10. The van der Waals surface area contributed by atoms with Gasteiger partial charge in [-0.3, -0.25) is 14.7 Å². The van der Waals surface area contributed by atoms with Gasteiger partial charge >= 0.3 is 0 Å². The first-order chi connectivity index (χ1) is 16.1. The van der Waals surface area contributed by atoms with Crippen molar-refractivity contribution in [2.24, 2.45) is 0 Å². The van der Waals surface area contributed by atoms with Crippen molar-refractivity contribution in [3.05, 3.63) is 100 Å². The van der Waals surface area contributed by atoms with Crippen LogP contribution in [0, 0.1) is 10.1 Å². The number of nitro benzene ring substituents is 1. The standard InChI is InChI=1S/C24H22N4O4S/c1-17(32-22-15-9-8-14-21(22)31-2)23-25-26-24(27(23)19-11-4-3-5-12-19)33-16-18-10-6-7-13-20(18)28(29)30/h3-15,17H,16H2,1-2H3. The van der Waals surface area contributed by atoms with Crippen molar-refractivity contribution in [2.45, 2.75) is 23.9 Å². The smallest absolute Gasteiger partial charge is 0.273 e. The molecule has 1 aromatic heterocycles. The third-order valence-electron chi connectivity index (χ3n) is 4.95. The van der Waals surface area contributed by atoms with Crippen molar-refractivity contribution in [1.29, 1.82) is 0 Å². The predicted molar refractivity (Wildman–Crippen MR) is 126 cm³/mol. The van der Waals surface area contributed by atoms with E-state index in [4.69, 9.17) is 9.47 Å². The Hall–Kier alpha value is -3.85. The van der Waals surface area contributed by atoms with Gasteiger partial charge in [0.05, 0.1) is 12.0 Å². The third-order valence-corrected chi connectivity index (χ3v) is 5.93. The van der Waals surface area contributed by atoms with Gasteiger partial charge in [0, 0.05) is 23.1 Å². The van der Waals surface area contributed by atoms with Gasteiger partial charge in [0.15, 0.2) is 28.6 Å². The Kier molecular flexibility index (Phi) is 6.89. The highest BCUT2D eigenvalue weighted by molar-refractivity contribution is 7.98. The summed E-state index contributed by atoms with van der Waals surface area (Å²) in [6, 6.07) is 23.8. The van der Waals surface area contributed by atoms with E-state index in [2.05, 4.69) is 10.2 Å². The summed E-state index contributed by atoms with van der Waals surface area (Å²) in [5, 5.41) is 20.8. The lowest BCUT2D eigenvalue weighted by molar-refractivity contribution is -0.385. The van der Waals surface area contributed by atoms with Gasteiger partial charge in [-0.25, -0.2) is 0 Å². The van der Waals surface area contributed by atoms with Gasteiger partial charge in [-0.1, -0.05) is 60.3 Å². The van der Waals surface area contributed by atoms with E-state index in [1.807, 2.05) is 66.1 Å². The number of aromatic nitrogens is 3. The molecule has 1 atom stereocenters. The summed E-state index contributed by atoms with van der Waals surface area (Å²) < 4.78 is 13.5. The maximum absolute atomic E-state index is 11.4. The number of benzene rings is 3. The van der Waals surface area contributed by atoms with E-state index in [1.165, 1.54) is 17.8 Å². The van der Waals surface area contributed by atoms with Crippen LogP contribution in [0.15, 0.2) is 84.0 Å². The number of hydrogen-bond acceptors (Lipinski definition) is 7. The molecule has 3 aromatic carbocycles. The van der Waals surface area contributed by atoms with E-state index in [1.54, 1.807) is 25.3 Å². The minimum absolute atomic E-state index is 0.0869. The normalized spacial score (nSPS) is 11.7. The Morgan fingerprint density at radius 2 is 1.64 bits per heavy atom. The van der Waals surface area contributed by atoms with Gasteiger partial charge in [0.2, 0.25) is 0 Å². The Bertz CT molecular complexity index is 1250. The van der Waals surface area contributed by atoms with Gasteiger partial charge in [-0.05, 0) is 31.2 Å². The van der Waals surface area contributed by atoms with Crippen LogP contribution in [0.4, 0.5) is 5.69 Å². The van der Waals surface area contributed by atoms with Crippen LogP contribution in [-0.4, -0.2) is 26.8 Å². The molecule has 0 aliphatic rings. The summed E-state index contributed by atoms with van der Waals surface area (Å²) >= 11 is 1.38. The second kappa shape index (κ2) is 10.2. The van der Waals surface area contributed by atoms with Gasteiger partial charge in [0.25, 0.3) is 5.69 Å². The third kappa shape index (κ3) is 4.98. The number of para-hydroxylation sites is 4. The summed E-state index contributed by atoms with van der Waals surface area (Å²) in [5.41, 5.74) is 1.58. The van der Waals surface area contributed by atoms with Crippen molar-refractivity contribution < 1.29 is 14.4 Å². The lowest BCUT2D eigenvalue weighted by Crippen LogP contribution is -2.12. The monoisotopic (exact) mass is 462 g/mol. The molecule has 4 rings (SSSR count). The first kappa shape index (κ1) is 22.3. The molecule has 8 nitrogen and oxygen atoms in total. The summed E-state index contributed by atoms with van der Waals surface area (Å²) in [5.74, 6) is 2.21. The van der Waals surface area contributed by atoms with Crippen LogP contribution in [0.5, 0.6) is 11.5 Å². The molecule has 0 aliphatic heterocycles. The fourth-order valence-electron chi connectivity index (χ4n) is 3.37. The molecular weight excluding hydrogens is 440 g/mol. The zero-order valence-electron chi connectivity index (χ0n) is 18.1. The van der Waals surface area contributed by atoms with Crippen molar-refractivity contribution in [1.82, 2.24) is 14.8 Å². The highest BCUT2D eigenvalue weighted by atomic mass is 32.2. The van der Waals surface area contributed by atoms with E-state index < -0.39 is 6.10 Å². The molecule has 0 saturated carbocycles. The molecule has 9 heteroatoms. The highest BCUT2D eigenvalue weighted by Crippen LogP contribution is 2.33. The van der Waals surface area contributed by atoms with E-state index in [0.717, 1.165) is 5.69 Å². The molecule has 0 saturated heterocycles. The zero-order chi connectivity index (χ0) is 23.2. The average Bonchev–Trinajstić information content (AvgIpc) is 3.28. The molecule has 0 spiro atoms. The minimum atomic E-state index is -0.436. The summed E-state index contributed by atoms with van der Waals surface area (Å²) in [6.07, 6.45) is -0.436. The van der Waals surface area contributed by atoms with Crippen LogP contribution < -0.4 is 9.47 Å². The Balaban J connectivity index is 1.66. The predicted octanol–water partition coefficient (Wildman–Crippen LogP) is 5.62. The topological polar surface area (TPSA) is 92.3 Å².